The molecule has 11 heavy (non-hydrogen) atoms. The predicted molar refractivity (Wildman–Crippen MR) is 42.2 cm³/mol. The predicted octanol–water partition coefficient (Wildman–Crippen LogP) is 0.613. The second kappa shape index (κ2) is 3.83. The van der Waals surface area contributed by atoms with Crippen LogP contribution in [0.4, 0.5) is 0 Å². The SMILES string of the molecule is NCCC(=O)c1cccnc1. The molecule has 0 saturated carbocycles. The van der Waals surface area contributed by atoms with Gasteiger partial charge in [-0.25, -0.2) is 0 Å². The minimum absolute atomic E-state index is 0.0561. The van der Waals surface area contributed by atoms with E-state index in [-0.39, 0.29) is 5.78 Å². The number of ketones is 1. The third kappa shape index (κ3) is 2.13. The molecule has 1 heterocycles. The second-order valence-electron chi connectivity index (χ2n) is 2.20. The van der Waals surface area contributed by atoms with E-state index in [1.165, 1.54) is 0 Å². The molecule has 0 unspecified atom stereocenters. The molecule has 0 atom stereocenters. The Bertz CT molecular complexity index is 233. The van der Waals surface area contributed by atoms with Crippen molar-refractivity contribution in [2.75, 3.05) is 6.54 Å². The number of rotatable bonds is 3. The quantitative estimate of drug-likeness (QED) is 0.642. The van der Waals surface area contributed by atoms with Crippen molar-refractivity contribution < 1.29 is 4.79 Å². The maximum absolute atomic E-state index is 11.1. The van der Waals surface area contributed by atoms with E-state index in [0.29, 0.717) is 18.5 Å². The number of nitrogens with zero attached hydrogens (tertiary/aromatic N) is 1. The molecule has 1 rings (SSSR count). The van der Waals surface area contributed by atoms with E-state index in [0.717, 1.165) is 0 Å². The average Bonchev–Trinajstić information content (AvgIpc) is 2.07. The van der Waals surface area contributed by atoms with Crippen molar-refractivity contribution >= 4 is 5.78 Å². The molecule has 3 heteroatoms. The van der Waals surface area contributed by atoms with Crippen LogP contribution in [-0.2, 0) is 0 Å². The van der Waals surface area contributed by atoms with Crippen molar-refractivity contribution in [1.82, 2.24) is 4.98 Å². The maximum Gasteiger partial charge on any atom is 0.165 e. The van der Waals surface area contributed by atoms with Gasteiger partial charge in [-0.05, 0) is 18.7 Å². The third-order valence-corrected chi connectivity index (χ3v) is 1.35. The van der Waals surface area contributed by atoms with Crippen LogP contribution in [0.15, 0.2) is 24.5 Å². The van der Waals surface area contributed by atoms with Crippen molar-refractivity contribution in [2.45, 2.75) is 6.42 Å². The molecular weight excluding hydrogens is 140 g/mol. The first-order chi connectivity index (χ1) is 5.34. The fourth-order valence-corrected chi connectivity index (χ4v) is 0.803. The van der Waals surface area contributed by atoms with Gasteiger partial charge in [-0.3, -0.25) is 9.78 Å². The number of hydrogen-bond acceptors (Lipinski definition) is 3. The summed E-state index contributed by atoms with van der Waals surface area (Å²) < 4.78 is 0. The summed E-state index contributed by atoms with van der Waals surface area (Å²) in [5, 5.41) is 0. The largest absolute Gasteiger partial charge is 0.330 e. The molecule has 2 N–H and O–H groups in total. The minimum Gasteiger partial charge on any atom is -0.330 e. The van der Waals surface area contributed by atoms with Gasteiger partial charge >= 0.3 is 0 Å². The van der Waals surface area contributed by atoms with Crippen molar-refractivity contribution in [2.24, 2.45) is 5.73 Å². The van der Waals surface area contributed by atoms with Crippen molar-refractivity contribution in [3.8, 4) is 0 Å². The molecule has 0 aliphatic carbocycles. The van der Waals surface area contributed by atoms with E-state index in [1.54, 1.807) is 24.5 Å². The van der Waals surface area contributed by atoms with Gasteiger partial charge in [0, 0.05) is 24.4 Å². The van der Waals surface area contributed by atoms with E-state index in [9.17, 15) is 4.79 Å². The highest BCUT2D eigenvalue weighted by Gasteiger charge is 2.02. The Labute approximate surface area is 65.2 Å². The van der Waals surface area contributed by atoms with Crippen LogP contribution in [0.1, 0.15) is 16.8 Å². The summed E-state index contributed by atoms with van der Waals surface area (Å²) in [6.45, 7) is 0.397. The highest BCUT2D eigenvalue weighted by Crippen LogP contribution is 1.98. The number of hydrogen-bond donors (Lipinski definition) is 1. The smallest absolute Gasteiger partial charge is 0.165 e. The van der Waals surface area contributed by atoms with Crippen LogP contribution in [0.5, 0.6) is 0 Å². The number of nitrogens with two attached hydrogens (primary N) is 1. The van der Waals surface area contributed by atoms with Crippen molar-refractivity contribution in [3.05, 3.63) is 30.1 Å². The molecular formula is C8H10N2O. The number of aromatic nitrogens is 1. The first-order valence-electron chi connectivity index (χ1n) is 3.48. The first kappa shape index (κ1) is 7.88. The minimum atomic E-state index is 0.0561. The highest BCUT2D eigenvalue weighted by molar-refractivity contribution is 5.95. The van der Waals surface area contributed by atoms with Crippen molar-refractivity contribution in [1.29, 1.82) is 0 Å². The van der Waals surface area contributed by atoms with Crippen molar-refractivity contribution in [3.63, 3.8) is 0 Å². The van der Waals surface area contributed by atoms with Crippen LogP contribution in [0.2, 0.25) is 0 Å². The van der Waals surface area contributed by atoms with Gasteiger partial charge in [-0.1, -0.05) is 0 Å². The van der Waals surface area contributed by atoms with Crippen LogP contribution >= 0.6 is 0 Å². The lowest BCUT2D eigenvalue weighted by atomic mass is 10.1. The van der Waals surface area contributed by atoms with Gasteiger partial charge in [-0.2, -0.15) is 0 Å². The molecule has 1 aromatic rings. The van der Waals surface area contributed by atoms with Crippen LogP contribution in [0.3, 0.4) is 0 Å². The summed E-state index contributed by atoms with van der Waals surface area (Å²) >= 11 is 0. The Morgan fingerprint density at radius 3 is 3.00 bits per heavy atom. The Kier molecular flexibility index (Phi) is 2.74. The lowest BCUT2D eigenvalue weighted by molar-refractivity contribution is 0.0985. The van der Waals surface area contributed by atoms with Crippen LogP contribution in [0, 0.1) is 0 Å². The molecule has 0 bridgehead atoms. The summed E-state index contributed by atoms with van der Waals surface area (Å²) in [4.78, 5) is 15.0. The lowest BCUT2D eigenvalue weighted by Crippen LogP contribution is -2.07. The summed E-state index contributed by atoms with van der Waals surface area (Å²) in [7, 11) is 0. The van der Waals surface area contributed by atoms with Crippen LogP contribution < -0.4 is 5.73 Å². The molecule has 0 aromatic carbocycles. The zero-order valence-electron chi connectivity index (χ0n) is 6.16. The fraction of sp³-hybridized carbons (Fsp3) is 0.250. The second-order valence-corrected chi connectivity index (χ2v) is 2.20. The monoisotopic (exact) mass is 150 g/mol. The summed E-state index contributed by atoms with van der Waals surface area (Å²) in [5.41, 5.74) is 5.86. The first-order valence-corrected chi connectivity index (χ1v) is 3.48. The van der Waals surface area contributed by atoms with E-state index in [4.69, 9.17) is 5.73 Å². The molecule has 0 radical (unpaired) electrons. The average molecular weight is 150 g/mol. The van der Waals surface area contributed by atoms with Crippen LogP contribution in [-0.4, -0.2) is 17.3 Å². The zero-order chi connectivity index (χ0) is 8.10. The standard InChI is InChI=1S/C8H10N2O/c9-4-3-8(11)7-2-1-5-10-6-7/h1-2,5-6H,3-4,9H2. The Hall–Kier alpha value is -1.22. The highest BCUT2D eigenvalue weighted by atomic mass is 16.1. The number of carbonyl (C=O) groups is 1. The normalized spacial score (nSPS) is 9.55. The van der Waals surface area contributed by atoms with E-state index < -0.39 is 0 Å². The van der Waals surface area contributed by atoms with E-state index in [2.05, 4.69) is 4.98 Å². The maximum atomic E-state index is 11.1. The Balaban J connectivity index is 2.69. The van der Waals surface area contributed by atoms with Crippen LogP contribution in [0.25, 0.3) is 0 Å². The lowest BCUT2D eigenvalue weighted by Gasteiger charge is -1.95. The van der Waals surface area contributed by atoms with Gasteiger partial charge in [0.15, 0.2) is 5.78 Å². The Morgan fingerprint density at radius 2 is 2.45 bits per heavy atom. The molecule has 0 spiro atoms. The molecule has 58 valence electrons. The van der Waals surface area contributed by atoms with E-state index >= 15 is 0 Å². The van der Waals surface area contributed by atoms with Gasteiger partial charge in [0.1, 0.15) is 0 Å². The molecule has 3 nitrogen and oxygen atoms in total. The zero-order valence-corrected chi connectivity index (χ0v) is 6.16. The molecule has 0 aliphatic heterocycles. The number of Topliss-reactive ketones (excluding diaryl/α,β-unsaturated/α-hetero) is 1. The molecule has 1 aromatic heterocycles. The van der Waals surface area contributed by atoms with Gasteiger partial charge in [-0.15, -0.1) is 0 Å². The van der Waals surface area contributed by atoms with Gasteiger partial charge < -0.3 is 5.73 Å². The summed E-state index contributed by atoms with van der Waals surface area (Å²) in [6, 6.07) is 3.48. The summed E-state index contributed by atoms with van der Waals surface area (Å²) in [6.07, 6.45) is 3.59. The van der Waals surface area contributed by atoms with Gasteiger partial charge in [0.05, 0.1) is 0 Å². The number of pyridine rings is 1. The summed E-state index contributed by atoms with van der Waals surface area (Å²) in [5.74, 6) is 0.0561. The molecule has 0 saturated heterocycles. The molecule has 0 aliphatic rings. The third-order valence-electron chi connectivity index (χ3n) is 1.35. The number of carbonyl (C=O) groups excluding carboxylic acids is 1. The topological polar surface area (TPSA) is 56.0 Å². The molecule has 0 amide bonds. The Morgan fingerprint density at radius 1 is 1.64 bits per heavy atom. The van der Waals surface area contributed by atoms with E-state index in [1.807, 2.05) is 0 Å². The van der Waals surface area contributed by atoms with Gasteiger partial charge in [0.25, 0.3) is 0 Å². The molecule has 0 fully saturated rings. The van der Waals surface area contributed by atoms with Gasteiger partial charge in [0.2, 0.25) is 0 Å². The fourth-order valence-electron chi connectivity index (χ4n) is 0.803.